The van der Waals surface area contributed by atoms with Gasteiger partial charge in [0.1, 0.15) is 24.9 Å². The highest BCUT2D eigenvalue weighted by atomic mass is 35.5. The molecule has 0 fully saturated rings. The van der Waals surface area contributed by atoms with E-state index < -0.39 is 29.5 Å². The van der Waals surface area contributed by atoms with Crippen LogP contribution in [0.2, 0.25) is 10.0 Å². The van der Waals surface area contributed by atoms with Gasteiger partial charge < -0.3 is 19.5 Å². The lowest BCUT2D eigenvalue weighted by Crippen LogP contribution is -2.45. The third kappa shape index (κ3) is 9.78. The van der Waals surface area contributed by atoms with E-state index in [0.29, 0.717) is 15.6 Å². The number of ether oxygens (including phenoxy) is 3. The predicted octanol–water partition coefficient (Wildman–Crippen LogP) is 4.09. The molecule has 0 bridgehead atoms. The zero-order valence-corrected chi connectivity index (χ0v) is 18.1. The molecule has 1 aromatic carbocycles. The van der Waals surface area contributed by atoms with Gasteiger partial charge in [-0.05, 0) is 32.9 Å². The summed E-state index contributed by atoms with van der Waals surface area (Å²) in [5.41, 5.74) is -0.198. The van der Waals surface area contributed by atoms with Gasteiger partial charge in [-0.3, -0.25) is 9.59 Å². The second kappa shape index (κ2) is 11.8. The molecule has 0 spiro atoms. The Bertz CT molecular complexity index is 725. The number of amides is 1. The Hall–Kier alpha value is -2.09. The monoisotopic (exact) mass is 445 g/mol. The van der Waals surface area contributed by atoms with Gasteiger partial charge in [0.15, 0.2) is 5.78 Å². The highest BCUT2D eigenvalue weighted by molar-refractivity contribution is 6.35. The van der Waals surface area contributed by atoms with Crippen molar-refractivity contribution >= 4 is 41.0 Å². The molecule has 0 saturated carbocycles. The summed E-state index contributed by atoms with van der Waals surface area (Å²) in [6, 6.07) is 3.81. The quantitative estimate of drug-likeness (QED) is 0.430. The maximum absolute atomic E-state index is 12.5. The zero-order chi connectivity index (χ0) is 22.0. The molecule has 0 saturated heterocycles. The van der Waals surface area contributed by atoms with Crippen LogP contribution in [0.4, 0.5) is 4.79 Å². The van der Waals surface area contributed by atoms with Crippen molar-refractivity contribution in [2.75, 3.05) is 13.2 Å². The van der Waals surface area contributed by atoms with Crippen molar-refractivity contribution < 1.29 is 28.6 Å². The van der Waals surface area contributed by atoms with Crippen LogP contribution in [0.25, 0.3) is 0 Å². The fraction of sp³-hybridized carbons (Fsp3) is 0.450. The molecule has 160 valence electrons. The molecular formula is C20H25Cl2NO6. The minimum Gasteiger partial charge on any atom is -0.460 e. The number of esters is 1. The van der Waals surface area contributed by atoms with E-state index in [1.165, 1.54) is 6.08 Å². The van der Waals surface area contributed by atoms with E-state index in [4.69, 9.17) is 37.4 Å². The summed E-state index contributed by atoms with van der Waals surface area (Å²) in [7, 11) is 0. The average molecular weight is 446 g/mol. The Morgan fingerprint density at radius 2 is 1.83 bits per heavy atom. The summed E-state index contributed by atoms with van der Waals surface area (Å²) in [5.74, 6) is -1.18. The van der Waals surface area contributed by atoms with Gasteiger partial charge in [0, 0.05) is 15.6 Å². The van der Waals surface area contributed by atoms with Gasteiger partial charge in [-0.1, -0.05) is 41.9 Å². The largest absolute Gasteiger partial charge is 0.460 e. The number of hydrogen-bond donors (Lipinski definition) is 1. The van der Waals surface area contributed by atoms with E-state index in [1.807, 2.05) is 0 Å². The van der Waals surface area contributed by atoms with Gasteiger partial charge in [-0.25, -0.2) is 4.79 Å². The number of carbonyl (C=O) groups is 3. The molecule has 1 rings (SSSR count). The molecule has 1 atom stereocenters. The highest BCUT2D eigenvalue weighted by Gasteiger charge is 2.27. The fourth-order valence-corrected chi connectivity index (χ4v) is 2.64. The van der Waals surface area contributed by atoms with Crippen LogP contribution in [-0.2, 0) is 30.4 Å². The lowest BCUT2D eigenvalue weighted by atomic mass is 10.1. The van der Waals surface area contributed by atoms with Crippen molar-refractivity contribution in [3.63, 3.8) is 0 Å². The third-order valence-electron chi connectivity index (χ3n) is 3.36. The van der Waals surface area contributed by atoms with Crippen molar-refractivity contribution in [1.82, 2.24) is 5.32 Å². The minimum absolute atomic E-state index is 0.00961. The van der Waals surface area contributed by atoms with E-state index >= 15 is 0 Å². The second-order valence-electron chi connectivity index (χ2n) is 7.03. The van der Waals surface area contributed by atoms with Crippen molar-refractivity contribution in [3.8, 4) is 0 Å². The number of halogens is 2. The molecule has 0 aliphatic rings. The smallest absolute Gasteiger partial charge is 0.408 e. The molecule has 0 heterocycles. The molecule has 0 unspecified atom stereocenters. The molecule has 1 amide bonds. The van der Waals surface area contributed by atoms with Crippen LogP contribution in [0.1, 0.15) is 32.8 Å². The standard InChI is InChI=1S/C20H25Cl2NO6/c1-5-9-28-19(26)23-16(10-18(25)29-20(2,3)4)17(24)12-27-11-13-14(21)7-6-8-15(13)22/h5-8,16H,1,9-12H2,2-4H3,(H,23,26)/t16-/m0/s1. The summed E-state index contributed by atoms with van der Waals surface area (Å²) in [6.45, 7) is 8.10. The molecule has 0 aromatic heterocycles. The van der Waals surface area contributed by atoms with Gasteiger partial charge in [-0.2, -0.15) is 0 Å². The van der Waals surface area contributed by atoms with E-state index in [-0.39, 0.29) is 26.2 Å². The molecule has 1 N–H and O–H groups in total. The summed E-state index contributed by atoms with van der Waals surface area (Å²) >= 11 is 12.1. The maximum atomic E-state index is 12.5. The molecule has 0 radical (unpaired) electrons. The highest BCUT2D eigenvalue weighted by Crippen LogP contribution is 2.24. The second-order valence-corrected chi connectivity index (χ2v) is 7.85. The summed E-state index contributed by atoms with van der Waals surface area (Å²) in [6.07, 6.45) is 0.150. The van der Waals surface area contributed by atoms with Crippen LogP contribution in [0.15, 0.2) is 30.9 Å². The molecule has 0 aliphatic carbocycles. The van der Waals surface area contributed by atoms with Crippen molar-refractivity contribution in [2.45, 2.75) is 45.4 Å². The van der Waals surface area contributed by atoms with E-state index in [1.54, 1.807) is 39.0 Å². The zero-order valence-electron chi connectivity index (χ0n) is 16.6. The van der Waals surface area contributed by atoms with Crippen molar-refractivity contribution in [1.29, 1.82) is 0 Å². The predicted molar refractivity (Wildman–Crippen MR) is 110 cm³/mol. The summed E-state index contributed by atoms with van der Waals surface area (Å²) < 4.78 is 15.4. The molecule has 29 heavy (non-hydrogen) atoms. The minimum atomic E-state index is -1.18. The topological polar surface area (TPSA) is 90.9 Å². The molecule has 7 nitrogen and oxygen atoms in total. The number of hydrogen-bond acceptors (Lipinski definition) is 6. The number of alkyl carbamates (subject to hydrolysis) is 1. The van der Waals surface area contributed by atoms with E-state index in [0.717, 1.165) is 0 Å². The van der Waals surface area contributed by atoms with E-state index in [9.17, 15) is 14.4 Å². The van der Waals surface area contributed by atoms with Crippen LogP contribution in [-0.4, -0.2) is 42.7 Å². The van der Waals surface area contributed by atoms with Crippen LogP contribution < -0.4 is 5.32 Å². The van der Waals surface area contributed by atoms with Crippen molar-refractivity contribution in [3.05, 3.63) is 46.5 Å². The average Bonchev–Trinajstić information content (AvgIpc) is 2.60. The lowest BCUT2D eigenvalue weighted by Gasteiger charge is -2.22. The van der Waals surface area contributed by atoms with Crippen LogP contribution >= 0.6 is 23.2 Å². The first-order valence-electron chi connectivity index (χ1n) is 8.83. The Balaban J connectivity index is 2.73. The first-order valence-corrected chi connectivity index (χ1v) is 9.58. The summed E-state index contributed by atoms with van der Waals surface area (Å²) in [5, 5.41) is 3.16. The molecular weight excluding hydrogens is 421 g/mol. The first-order chi connectivity index (χ1) is 13.5. The van der Waals surface area contributed by atoms with Crippen LogP contribution in [0, 0.1) is 0 Å². The van der Waals surface area contributed by atoms with Gasteiger partial charge in [0.2, 0.25) is 0 Å². The van der Waals surface area contributed by atoms with Gasteiger partial charge >= 0.3 is 12.1 Å². The summed E-state index contributed by atoms with van der Waals surface area (Å²) in [4.78, 5) is 36.4. The van der Waals surface area contributed by atoms with Gasteiger partial charge in [0.05, 0.1) is 13.0 Å². The number of Topliss-reactive ketones (excluding diaryl/α,β-unsaturated/α-hetero) is 1. The Morgan fingerprint density at radius 1 is 1.21 bits per heavy atom. The molecule has 9 heteroatoms. The third-order valence-corrected chi connectivity index (χ3v) is 4.06. The Kier molecular flexibility index (Phi) is 10.2. The number of nitrogens with one attached hydrogen (secondary N) is 1. The number of carbonyl (C=O) groups excluding carboxylic acids is 3. The van der Waals surface area contributed by atoms with Crippen LogP contribution in [0.3, 0.4) is 0 Å². The Morgan fingerprint density at radius 3 is 2.38 bits per heavy atom. The first kappa shape index (κ1) is 24.9. The van der Waals surface area contributed by atoms with Crippen molar-refractivity contribution in [2.24, 2.45) is 0 Å². The molecule has 1 aromatic rings. The normalized spacial score (nSPS) is 12.0. The fourth-order valence-electron chi connectivity index (χ4n) is 2.14. The number of rotatable bonds is 10. The number of benzene rings is 1. The van der Waals surface area contributed by atoms with Gasteiger partial charge in [-0.15, -0.1) is 0 Å². The maximum Gasteiger partial charge on any atom is 0.408 e. The Labute approximate surface area is 180 Å². The van der Waals surface area contributed by atoms with Gasteiger partial charge in [0.25, 0.3) is 0 Å². The SMILES string of the molecule is C=CCOC(=O)N[C@@H](CC(=O)OC(C)(C)C)C(=O)COCc1c(Cl)cccc1Cl. The lowest BCUT2D eigenvalue weighted by molar-refractivity contribution is -0.156. The molecule has 0 aliphatic heterocycles. The number of ketones is 1. The van der Waals surface area contributed by atoms with E-state index in [2.05, 4.69) is 11.9 Å². The van der Waals surface area contributed by atoms with Crippen LogP contribution in [0.5, 0.6) is 0 Å².